The van der Waals surface area contributed by atoms with Crippen molar-refractivity contribution in [3.8, 4) is 6.07 Å². The SMILES string of the molecule is Cc1cc(C)nc(N/N=C/c2ccc(C#N)cc2)n1. The fourth-order valence-corrected chi connectivity index (χ4v) is 1.58. The molecule has 0 unspecified atom stereocenters. The van der Waals surface area contributed by atoms with Crippen LogP contribution in [-0.4, -0.2) is 16.2 Å². The number of benzene rings is 1. The van der Waals surface area contributed by atoms with Gasteiger partial charge in [-0.25, -0.2) is 15.4 Å². The van der Waals surface area contributed by atoms with Gasteiger partial charge in [0.15, 0.2) is 0 Å². The van der Waals surface area contributed by atoms with Crippen molar-refractivity contribution in [2.75, 3.05) is 5.43 Å². The van der Waals surface area contributed by atoms with Gasteiger partial charge in [0.25, 0.3) is 0 Å². The van der Waals surface area contributed by atoms with Crippen molar-refractivity contribution in [1.82, 2.24) is 9.97 Å². The Bertz CT molecular complexity index is 618. The molecular weight excluding hydrogens is 238 g/mol. The number of hydrazone groups is 1. The molecule has 19 heavy (non-hydrogen) atoms. The van der Waals surface area contributed by atoms with Crippen LogP contribution in [0, 0.1) is 25.2 Å². The molecule has 0 aliphatic rings. The monoisotopic (exact) mass is 251 g/mol. The highest BCUT2D eigenvalue weighted by molar-refractivity contribution is 5.80. The summed E-state index contributed by atoms with van der Waals surface area (Å²) in [6, 6.07) is 11.1. The van der Waals surface area contributed by atoms with Gasteiger partial charge in [0.1, 0.15) is 0 Å². The van der Waals surface area contributed by atoms with E-state index in [1.165, 1.54) is 0 Å². The largest absolute Gasteiger partial charge is 0.245 e. The van der Waals surface area contributed by atoms with Crippen molar-refractivity contribution >= 4 is 12.2 Å². The summed E-state index contributed by atoms with van der Waals surface area (Å²) >= 11 is 0. The quantitative estimate of drug-likeness (QED) is 0.671. The van der Waals surface area contributed by atoms with Crippen LogP contribution in [0.2, 0.25) is 0 Å². The summed E-state index contributed by atoms with van der Waals surface area (Å²) in [5.74, 6) is 0.474. The van der Waals surface area contributed by atoms with E-state index >= 15 is 0 Å². The zero-order chi connectivity index (χ0) is 13.7. The molecule has 1 aromatic heterocycles. The van der Waals surface area contributed by atoms with Crippen LogP contribution < -0.4 is 5.43 Å². The van der Waals surface area contributed by atoms with Gasteiger partial charge in [-0.2, -0.15) is 10.4 Å². The van der Waals surface area contributed by atoms with Crippen LogP contribution in [0.4, 0.5) is 5.95 Å². The zero-order valence-electron chi connectivity index (χ0n) is 10.8. The Morgan fingerprint density at radius 1 is 1.16 bits per heavy atom. The third-order valence-electron chi connectivity index (χ3n) is 2.40. The lowest BCUT2D eigenvalue weighted by atomic mass is 10.2. The third kappa shape index (κ3) is 3.61. The van der Waals surface area contributed by atoms with Gasteiger partial charge < -0.3 is 0 Å². The van der Waals surface area contributed by atoms with Crippen molar-refractivity contribution in [2.45, 2.75) is 13.8 Å². The number of anilines is 1. The molecule has 0 bridgehead atoms. The predicted octanol–water partition coefficient (Wildman–Crippen LogP) is 2.41. The van der Waals surface area contributed by atoms with Gasteiger partial charge in [0, 0.05) is 11.4 Å². The summed E-state index contributed by atoms with van der Waals surface area (Å²) in [7, 11) is 0. The second-order valence-corrected chi connectivity index (χ2v) is 4.08. The van der Waals surface area contributed by atoms with Crippen molar-refractivity contribution < 1.29 is 0 Å². The molecule has 2 aromatic rings. The molecule has 1 aromatic carbocycles. The van der Waals surface area contributed by atoms with Crippen molar-refractivity contribution in [2.24, 2.45) is 5.10 Å². The first-order valence-electron chi connectivity index (χ1n) is 5.79. The van der Waals surface area contributed by atoms with Gasteiger partial charge in [0.05, 0.1) is 17.8 Å². The van der Waals surface area contributed by atoms with Crippen LogP contribution in [-0.2, 0) is 0 Å². The minimum absolute atomic E-state index is 0.474. The lowest BCUT2D eigenvalue weighted by molar-refractivity contribution is 1.04. The highest BCUT2D eigenvalue weighted by atomic mass is 15.3. The second-order valence-electron chi connectivity index (χ2n) is 4.08. The minimum Gasteiger partial charge on any atom is -0.245 e. The summed E-state index contributed by atoms with van der Waals surface area (Å²) < 4.78 is 0. The van der Waals surface area contributed by atoms with E-state index in [9.17, 15) is 0 Å². The Labute approximate surface area is 111 Å². The molecule has 0 radical (unpaired) electrons. The topological polar surface area (TPSA) is 74.0 Å². The minimum atomic E-state index is 0.474. The van der Waals surface area contributed by atoms with Crippen LogP contribution in [0.1, 0.15) is 22.5 Å². The number of nitrogens with one attached hydrogen (secondary N) is 1. The first-order valence-corrected chi connectivity index (χ1v) is 5.79. The molecule has 1 heterocycles. The Morgan fingerprint density at radius 3 is 2.37 bits per heavy atom. The molecular formula is C14H13N5. The molecule has 0 aliphatic heterocycles. The molecule has 0 amide bonds. The van der Waals surface area contributed by atoms with Crippen LogP contribution in [0.5, 0.6) is 0 Å². The molecule has 0 atom stereocenters. The summed E-state index contributed by atoms with van der Waals surface area (Å²) in [5.41, 5.74) is 6.10. The number of nitrogens with zero attached hydrogens (tertiary/aromatic N) is 4. The number of hydrogen-bond donors (Lipinski definition) is 1. The van der Waals surface area contributed by atoms with E-state index in [4.69, 9.17) is 5.26 Å². The van der Waals surface area contributed by atoms with Gasteiger partial charge in [-0.1, -0.05) is 12.1 Å². The van der Waals surface area contributed by atoms with Crippen LogP contribution >= 0.6 is 0 Å². The molecule has 0 spiro atoms. The van der Waals surface area contributed by atoms with E-state index in [1.54, 1.807) is 18.3 Å². The first kappa shape index (κ1) is 12.7. The summed E-state index contributed by atoms with van der Waals surface area (Å²) in [5, 5.41) is 12.8. The van der Waals surface area contributed by atoms with Gasteiger partial charge >= 0.3 is 0 Å². The molecule has 5 heteroatoms. The van der Waals surface area contributed by atoms with Gasteiger partial charge in [-0.05, 0) is 37.6 Å². The maximum atomic E-state index is 8.69. The van der Waals surface area contributed by atoms with Crippen LogP contribution in [0.25, 0.3) is 0 Å². The van der Waals surface area contributed by atoms with E-state index in [-0.39, 0.29) is 0 Å². The fraction of sp³-hybridized carbons (Fsp3) is 0.143. The van der Waals surface area contributed by atoms with Crippen LogP contribution in [0.3, 0.4) is 0 Å². The standard InChI is InChI=1S/C14H13N5/c1-10-7-11(2)18-14(17-10)19-16-9-13-5-3-12(8-15)4-6-13/h3-7,9H,1-2H3,(H,17,18,19)/b16-9+. The number of nitriles is 1. The van der Waals surface area contributed by atoms with E-state index < -0.39 is 0 Å². The predicted molar refractivity (Wildman–Crippen MR) is 73.9 cm³/mol. The van der Waals surface area contributed by atoms with Crippen molar-refractivity contribution in [3.05, 3.63) is 52.8 Å². The van der Waals surface area contributed by atoms with Gasteiger partial charge in [0.2, 0.25) is 5.95 Å². The average molecular weight is 251 g/mol. The summed E-state index contributed by atoms with van der Waals surface area (Å²) in [6.45, 7) is 3.81. The maximum Gasteiger partial charge on any atom is 0.243 e. The van der Waals surface area contributed by atoms with E-state index in [1.807, 2.05) is 32.0 Å². The molecule has 5 nitrogen and oxygen atoms in total. The fourth-order valence-electron chi connectivity index (χ4n) is 1.58. The Balaban J connectivity index is 2.04. The normalized spacial score (nSPS) is 10.4. The number of hydrogen-bond acceptors (Lipinski definition) is 5. The smallest absolute Gasteiger partial charge is 0.243 e. The van der Waals surface area contributed by atoms with Crippen molar-refractivity contribution in [1.29, 1.82) is 5.26 Å². The van der Waals surface area contributed by atoms with Crippen molar-refractivity contribution in [3.63, 3.8) is 0 Å². The lowest BCUT2D eigenvalue weighted by Gasteiger charge is -2.01. The molecule has 1 N–H and O–H groups in total. The highest BCUT2D eigenvalue weighted by Crippen LogP contribution is 2.04. The van der Waals surface area contributed by atoms with Gasteiger partial charge in [-0.3, -0.25) is 0 Å². The van der Waals surface area contributed by atoms with Gasteiger partial charge in [-0.15, -0.1) is 0 Å². The highest BCUT2D eigenvalue weighted by Gasteiger charge is 1.96. The molecule has 0 saturated carbocycles. The number of aromatic nitrogens is 2. The number of aryl methyl sites for hydroxylation is 2. The molecule has 0 fully saturated rings. The Kier molecular flexibility index (Phi) is 3.84. The summed E-state index contributed by atoms with van der Waals surface area (Å²) in [6.07, 6.45) is 1.65. The first-order chi connectivity index (χ1) is 9.17. The summed E-state index contributed by atoms with van der Waals surface area (Å²) in [4.78, 5) is 8.43. The van der Waals surface area contributed by atoms with E-state index in [0.29, 0.717) is 11.5 Å². The zero-order valence-corrected chi connectivity index (χ0v) is 10.8. The Hall–Kier alpha value is -2.74. The molecule has 94 valence electrons. The molecule has 2 rings (SSSR count). The lowest BCUT2D eigenvalue weighted by Crippen LogP contribution is -1.99. The number of rotatable bonds is 3. The van der Waals surface area contributed by atoms with Crippen LogP contribution in [0.15, 0.2) is 35.4 Å². The third-order valence-corrected chi connectivity index (χ3v) is 2.40. The average Bonchev–Trinajstić information content (AvgIpc) is 2.38. The maximum absolute atomic E-state index is 8.69. The van der Waals surface area contributed by atoms with E-state index in [2.05, 4.69) is 26.6 Å². The molecule has 0 saturated heterocycles. The second kappa shape index (κ2) is 5.74. The molecule has 0 aliphatic carbocycles. The van der Waals surface area contributed by atoms with E-state index in [0.717, 1.165) is 17.0 Å². The Morgan fingerprint density at radius 2 is 1.79 bits per heavy atom.